The summed E-state index contributed by atoms with van der Waals surface area (Å²) in [6, 6.07) is 0. The van der Waals surface area contributed by atoms with Gasteiger partial charge in [-0.3, -0.25) is 4.79 Å². The number of amides is 1. The highest BCUT2D eigenvalue weighted by atomic mass is 79.9. The van der Waals surface area contributed by atoms with Gasteiger partial charge in [0, 0.05) is 6.54 Å². The summed E-state index contributed by atoms with van der Waals surface area (Å²) < 4.78 is 0. The van der Waals surface area contributed by atoms with Gasteiger partial charge < -0.3 is 10.4 Å². The molecule has 0 saturated heterocycles. The molecule has 0 heterocycles. The van der Waals surface area contributed by atoms with Gasteiger partial charge in [0.15, 0.2) is 0 Å². The average Bonchev–Trinajstić information content (AvgIpc) is 1.99. The number of nitrogens with one attached hydrogen (secondary N) is 1. The quantitative estimate of drug-likeness (QED) is 0.689. The Balaban J connectivity index is 3.46. The minimum atomic E-state index is -0.426. The summed E-state index contributed by atoms with van der Waals surface area (Å²) in [5.41, 5.74) is 0. The van der Waals surface area contributed by atoms with Gasteiger partial charge in [-0.25, -0.2) is 0 Å². The number of alkyl halides is 1. The molecule has 0 aliphatic rings. The van der Waals surface area contributed by atoms with Crippen molar-refractivity contribution in [2.75, 3.05) is 6.54 Å². The number of hydrogen-bond donors (Lipinski definition) is 2. The molecule has 2 atom stereocenters. The van der Waals surface area contributed by atoms with E-state index in [2.05, 4.69) is 21.2 Å². The minimum absolute atomic E-state index is 0.0856. The maximum atomic E-state index is 10.9. The predicted octanol–water partition coefficient (Wildman–Crippen LogP) is 0.657. The van der Waals surface area contributed by atoms with Gasteiger partial charge in [0.2, 0.25) is 5.91 Å². The molecule has 0 aromatic carbocycles. The van der Waals surface area contributed by atoms with Gasteiger partial charge in [0.25, 0.3) is 0 Å². The number of halogens is 1. The summed E-state index contributed by atoms with van der Waals surface area (Å²) in [5.74, 6) is -0.0856. The summed E-state index contributed by atoms with van der Waals surface area (Å²) in [6.07, 6.45) is 0.238. The third-order valence-electron chi connectivity index (χ3n) is 1.34. The molecule has 11 heavy (non-hydrogen) atoms. The molecule has 2 N–H and O–H groups in total. The third kappa shape index (κ3) is 5.21. The van der Waals surface area contributed by atoms with Crippen LogP contribution in [0.5, 0.6) is 0 Å². The van der Waals surface area contributed by atoms with Crippen molar-refractivity contribution in [2.24, 2.45) is 0 Å². The second-order valence-electron chi connectivity index (χ2n) is 2.42. The molecule has 0 aliphatic heterocycles. The van der Waals surface area contributed by atoms with Crippen molar-refractivity contribution in [1.82, 2.24) is 5.32 Å². The van der Waals surface area contributed by atoms with Crippen molar-refractivity contribution < 1.29 is 9.90 Å². The van der Waals surface area contributed by atoms with Crippen LogP contribution in [-0.2, 0) is 4.79 Å². The molecule has 0 saturated carbocycles. The van der Waals surface area contributed by atoms with Crippen LogP contribution in [0.25, 0.3) is 0 Å². The first-order valence-electron chi connectivity index (χ1n) is 3.67. The van der Waals surface area contributed by atoms with Crippen LogP contribution in [0.1, 0.15) is 20.3 Å². The zero-order valence-corrected chi connectivity index (χ0v) is 8.39. The van der Waals surface area contributed by atoms with E-state index in [0.29, 0.717) is 13.0 Å². The monoisotopic (exact) mass is 223 g/mol. The average molecular weight is 224 g/mol. The van der Waals surface area contributed by atoms with Crippen molar-refractivity contribution in [1.29, 1.82) is 0 Å². The molecule has 0 aromatic rings. The smallest absolute Gasteiger partial charge is 0.233 e. The number of hydrogen-bond acceptors (Lipinski definition) is 2. The molecule has 2 unspecified atom stereocenters. The first-order valence-corrected chi connectivity index (χ1v) is 4.59. The Morgan fingerprint density at radius 3 is 2.64 bits per heavy atom. The Labute approximate surface area is 75.3 Å². The van der Waals surface area contributed by atoms with Crippen molar-refractivity contribution in [3.8, 4) is 0 Å². The van der Waals surface area contributed by atoms with Gasteiger partial charge in [0.05, 0.1) is 10.9 Å². The molecule has 4 heteroatoms. The minimum Gasteiger partial charge on any atom is -0.391 e. The number of carbonyl (C=O) groups excluding carboxylic acids is 1. The number of aliphatic hydroxyl groups is 1. The number of carbonyl (C=O) groups is 1. The van der Waals surface area contributed by atoms with E-state index in [1.54, 1.807) is 6.92 Å². The van der Waals surface area contributed by atoms with Crippen LogP contribution in [0.2, 0.25) is 0 Å². The molecule has 0 aromatic heterocycles. The fraction of sp³-hybridized carbons (Fsp3) is 0.857. The standard InChI is InChI=1S/C7H14BrNO2/c1-3-6(10)4-9-7(11)5(2)8/h5-6,10H,3-4H2,1-2H3,(H,9,11). The Morgan fingerprint density at radius 2 is 2.27 bits per heavy atom. The van der Waals surface area contributed by atoms with Crippen LogP contribution in [-0.4, -0.2) is 28.5 Å². The topological polar surface area (TPSA) is 49.3 Å². The van der Waals surface area contributed by atoms with Gasteiger partial charge in [-0.15, -0.1) is 0 Å². The Hall–Kier alpha value is -0.0900. The molecular weight excluding hydrogens is 210 g/mol. The third-order valence-corrected chi connectivity index (χ3v) is 1.76. The molecule has 1 amide bonds. The van der Waals surface area contributed by atoms with E-state index >= 15 is 0 Å². The van der Waals surface area contributed by atoms with E-state index in [1.807, 2.05) is 6.92 Å². The Bertz CT molecular complexity index is 128. The van der Waals surface area contributed by atoms with E-state index < -0.39 is 6.10 Å². The van der Waals surface area contributed by atoms with Crippen molar-refractivity contribution in [3.05, 3.63) is 0 Å². The second-order valence-corrected chi connectivity index (χ2v) is 3.80. The second kappa shape index (κ2) is 5.55. The van der Waals surface area contributed by atoms with Crippen molar-refractivity contribution >= 4 is 21.8 Å². The molecule has 3 nitrogen and oxygen atoms in total. The highest BCUT2D eigenvalue weighted by Gasteiger charge is 2.09. The van der Waals surface area contributed by atoms with E-state index in [0.717, 1.165) is 0 Å². The maximum absolute atomic E-state index is 10.9. The summed E-state index contributed by atoms with van der Waals surface area (Å²) in [6.45, 7) is 3.95. The molecular formula is C7H14BrNO2. The lowest BCUT2D eigenvalue weighted by Gasteiger charge is -2.09. The highest BCUT2D eigenvalue weighted by molar-refractivity contribution is 9.10. The van der Waals surface area contributed by atoms with E-state index in [4.69, 9.17) is 5.11 Å². The Kier molecular flexibility index (Phi) is 5.50. The van der Waals surface area contributed by atoms with Crippen molar-refractivity contribution in [3.63, 3.8) is 0 Å². The van der Waals surface area contributed by atoms with Gasteiger partial charge in [0.1, 0.15) is 0 Å². The lowest BCUT2D eigenvalue weighted by Crippen LogP contribution is -2.35. The van der Waals surface area contributed by atoms with Crippen LogP contribution >= 0.6 is 15.9 Å². The summed E-state index contributed by atoms with van der Waals surface area (Å²) in [5, 5.41) is 11.7. The van der Waals surface area contributed by atoms with E-state index in [9.17, 15) is 4.79 Å². The molecule has 0 radical (unpaired) electrons. The normalized spacial score (nSPS) is 15.6. The van der Waals surface area contributed by atoms with Crippen LogP contribution in [0, 0.1) is 0 Å². The molecule has 0 aliphatic carbocycles. The zero-order chi connectivity index (χ0) is 8.85. The fourth-order valence-electron chi connectivity index (χ4n) is 0.503. The van der Waals surface area contributed by atoms with Gasteiger partial charge in [-0.1, -0.05) is 22.9 Å². The first-order chi connectivity index (χ1) is 5.07. The lowest BCUT2D eigenvalue weighted by atomic mass is 10.3. The van der Waals surface area contributed by atoms with Gasteiger partial charge in [-0.05, 0) is 13.3 Å². The van der Waals surface area contributed by atoms with E-state index in [1.165, 1.54) is 0 Å². The summed E-state index contributed by atoms with van der Waals surface area (Å²) >= 11 is 3.12. The van der Waals surface area contributed by atoms with Crippen LogP contribution < -0.4 is 5.32 Å². The largest absolute Gasteiger partial charge is 0.391 e. The first kappa shape index (κ1) is 10.9. The van der Waals surface area contributed by atoms with Crippen molar-refractivity contribution in [2.45, 2.75) is 31.2 Å². The maximum Gasteiger partial charge on any atom is 0.233 e. The molecule has 0 spiro atoms. The lowest BCUT2D eigenvalue weighted by molar-refractivity contribution is -0.120. The van der Waals surface area contributed by atoms with Gasteiger partial charge in [-0.2, -0.15) is 0 Å². The van der Waals surface area contributed by atoms with Crippen LogP contribution in [0.4, 0.5) is 0 Å². The predicted molar refractivity (Wildman–Crippen MR) is 47.7 cm³/mol. The van der Waals surface area contributed by atoms with Gasteiger partial charge >= 0.3 is 0 Å². The Morgan fingerprint density at radius 1 is 1.73 bits per heavy atom. The molecule has 0 bridgehead atoms. The van der Waals surface area contributed by atoms with E-state index in [-0.39, 0.29) is 10.7 Å². The van der Waals surface area contributed by atoms with Crippen LogP contribution in [0.3, 0.4) is 0 Å². The number of rotatable bonds is 4. The molecule has 0 rings (SSSR count). The molecule has 0 fully saturated rings. The highest BCUT2D eigenvalue weighted by Crippen LogP contribution is 1.96. The fourth-order valence-corrected chi connectivity index (χ4v) is 0.665. The molecule has 66 valence electrons. The summed E-state index contributed by atoms with van der Waals surface area (Å²) in [4.78, 5) is 10.7. The zero-order valence-electron chi connectivity index (χ0n) is 6.80. The summed E-state index contributed by atoms with van der Waals surface area (Å²) in [7, 11) is 0. The SMILES string of the molecule is CCC(O)CNC(=O)C(C)Br. The number of aliphatic hydroxyl groups excluding tert-OH is 1. The van der Waals surface area contributed by atoms with Crippen LogP contribution in [0.15, 0.2) is 0 Å².